The van der Waals surface area contributed by atoms with Crippen LogP contribution in [0.4, 0.5) is 0 Å². The van der Waals surface area contributed by atoms with E-state index in [1.165, 1.54) is 0 Å². The maximum Gasteiger partial charge on any atom is 0.00638 e. The summed E-state index contributed by atoms with van der Waals surface area (Å²) in [6, 6.07) is 0. The molecule has 0 nitrogen and oxygen atoms in total. The second-order valence-electron chi connectivity index (χ2n) is 1.68. The molecule has 0 aromatic heterocycles. The summed E-state index contributed by atoms with van der Waals surface area (Å²) in [5.74, 6) is 11.6. The Bertz CT molecular complexity index is 176. The molecule has 0 bridgehead atoms. The molecule has 0 spiro atoms. The average Bonchev–Trinajstić information content (AvgIpc) is 1.97. The third kappa shape index (κ3) is 6.86. The second-order valence-corrected chi connectivity index (χ2v) is 1.68. The van der Waals surface area contributed by atoms with E-state index >= 15 is 0 Å². The molecule has 0 radical (unpaired) electrons. The van der Waals surface area contributed by atoms with E-state index in [0.29, 0.717) is 0 Å². The lowest BCUT2D eigenvalue weighted by atomic mass is 10.4. The predicted octanol–water partition coefficient (Wildman–Crippen LogP) is 2.37. The number of hydrogen-bond acceptors (Lipinski definition) is 0. The Hall–Kier alpha value is -1.14. The monoisotopic (exact) mass is 132 g/mol. The molecule has 10 heavy (non-hydrogen) atoms. The number of rotatable bonds is 0. The van der Waals surface area contributed by atoms with Gasteiger partial charge in [-0.25, -0.2) is 0 Å². The third-order valence-electron chi connectivity index (χ3n) is 0.808. The molecule has 0 rings (SSSR count). The summed E-state index contributed by atoms with van der Waals surface area (Å²) >= 11 is 0. The van der Waals surface area contributed by atoms with E-state index in [-0.39, 0.29) is 0 Å². The van der Waals surface area contributed by atoms with E-state index in [1.54, 1.807) is 12.2 Å². The maximum atomic E-state index is 2.92. The fraction of sp³-hybridized carbons (Fsp3) is 0.400. The smallest absolute Gasteiger partial charge is 0.00638 e. The topological polar surface area (TPSA) is 0 Å². The van der Waals surface area contributed by atoms with Gasteiger partial charge in [0.05, 0.1) is 0 Å². The molecule has 0 N–H and O–H groups in total. The molecule has 52 valence electrons. The van der Waals surface area contributed by atoms with Crippen molar-refractivity contribution in [2.24, 2.45) is 0 Å². The minimum absolute atomic E-state index is 0.908. The van der Waals surface area contributed by atoms with Gasteiger partial charge in [0.25, 0.3) is 0 Å². The molecule has 0 aliphatic rings. The molecule has 0 aliphatic carbocycles. The first-order valence-electron chi connectivity index (χ1n) is 3.53. The molecule has 0 heterocycles. The molecule has 0 aromatic rings. The molecular formula is C10H12. The minimum Gasteiger partial charge on any atom is -0.0988 e. The first-order valence-corrected chi connectivity index (χ1v) is 3.53. The fourth-order valence-electron chi connectivity index (χ4n) is 0.405. The minimum atomic E-state index is 0.908. The first-order chi connectivity index (χ1) is 4.91. The zero-order valence-corrected chi connectivity index (χ0v) is 6.57. The highest BCUT2D eigenvalue weighted by atomic mass is 13.6. The molecule has 0 heteroatoms. The first kappa shape index (κ1) is 8.86. The van der Waals surface area contributed by atoms with E-state index in [4.69, 9.17) is 0 Å². The highest BCUT2D eigenvalue weighted by Gasteiger charge is 1.59. The van der Waals surface area contributed by atoms with Gasteiger partial charge in [0.1, 0.15) is 0 Å². The summed E-state index contributed by atoms with van der Waals surface area (Å²) in [6.07, 6.45) is 5.38. The Morgan fingerprint density at radius 1 is 0.900 bits per heavy atom. The van der Waals surface area contributed by atoms with Crippen LogP contribution in [0.3, 0.4) is 0 Å². The summed E-state index contributed by atoms with van der Waals surface area (Å²) in [7, 11) is 0. The van der Waals surface area contributed by atoms with Crippen LogP contribution in [-0.4, -0.2) is 0 Å². The summed E-state index contributed by atoms with van der Waals surface area (Å²) in [4.78, 5) is 0. The van der Waals surface area contributed by atoms with Gasteiger partial charge in [-0.1, -0.05) is 37.5 Å². The van der Waals surface area contributed by atoms with Gasteiger partial charge in [-0.05, 0) is 12.2 Å². The predicted molar refractivity (Wildman–Crippen MR) is 45.3 cm³/mol. The van der Waals surface area contributed by atoms with Crippen LogP contribution in [-0.2, 0) is 0 Å². The average molecular weight is 132 g/mol. The van der Waals surface area contributed by atoms with Crippen molar-refractivity contribution in [1.82, 2.24) is 0 Å². The van der Waals surface area contributed by atoms with Crippen molar-refractivity contribution in [2.45, 2.75) is 26.7 Å². The van der Waals surface area contributed by atoms with E-state index in [9.17, 15) is 0 Å². The molecule has 0 fully saturated rings. The third-order valence-corrected chi connectivity index (χ3v) is 0.808. The van der Waals surface area contributed by atoms with Gasteiger partial charge in [-0.15, -0.1) is 0 Å². The summed E-state index contributed by atoms with van der Waals surface area (Å²) in [6.45, 7) is 4.05. The Balaban J connectivity index is 3.56. The van der Waals surface area contributed by atoms with Crippen molar-refractivity contribution in [3.63, 3.8) is 0 Å². The van der Waals surface area contributed by atoms with Gasteiger partial charge in [0.2, 0.25) is 0 Å². The van der Waals surface area contributed by atoms with Crippen LogP contribution in [0.5, 0.6) is 0 Å². The van der Waals surface area contributed by atoms with E-state index in [0.717, 1.165) is 12.8 Å². The van der Waals surface area contributed by atoms with Gasteiger partial charge in [0.15, 0.2) is 0 Å². The SMILES string of the molecule is CCC#CC=CC#CCC. The summed E-state index contributed by atoms with van der Waals surface area (Å²) in [5, 5.41) is 0. The molecule has 0 amide bonds. The Labute approximate surface area is 63.3 Å². The van der Waals surface area contributed by atoms with Crippen molar-refractivity contribution >= 4 is 0 Å². The molecule has 0 aromatic carbocycles. The molecule has 0 atom stereocenters. The summed E-state index contributed by atoms with van der Waals surface area (Å²) < 4.78 is 0. The zero-order chi connectivity index (χ0) is 7.66. The van der Waals surface area contributed by atoms with E-state index in [1.807, 2.05) is 13.8 Å². The quantitative estimate of drug-likeness (QED) is 0.444. The Kier molecular flexibility index (Phi) is 6.96. The Morgan fingerprint density at radius 2 is 1.30 bits per heavy atom. The van der Waals surface area contributed by atoms with Gasteiger partial charge in [-0.3, -0.25) is 0 Å². The molecule has 0 aliphatic heterocycles. The van der Waals surface area contributed by atoms with Crippen LogP contribution in [0.1, 0.15) is 26.7 Å². The van der Waals surface area contributed by atoms with Crippen LogP contribution in [0.25, 0.3) is 0 Å². The van der Waals surface area contributed by atoms with Gasteiger partial charge < -0.3 is 0 Å². The van der Waals surface area contributed by atoms with Gasteiger partial charge in [0, 0.05) is 12.8 Å². The lowest BCUT2D eigenvalue weighted by Gasteiger charge is -1.66. The van der Waals surface area contributed by atoms with Crippen LogP contribution >= 0.6 is 0 Å². The fourth-order valence-corrected chi connectivity index (χ4v) is 0.405. The normalized spacial score (nSPS) is 7.80. The lowest BCUT2D eigenvalue weighted by Crippen LogP contribution is -1.54. The van der Waals surface area contributed by atoms with Crippen LogP contribution in [0, 0.1) is 23.7 Å². The Morgan fingerprint density at radius 3 is 1.60 bits per heavy atom. The second kappa shape index (κ2) is 7.86. The van der Waals surface area contributed by atoms with Crippen molar-refractivity contribution in [3.05, 3.63) is 12.2 Å². The molecule has 0 unspecified atom stereocenters. The molecule has 0 saturated heterocycles. The van der Waals surface area contributed by atoms with Crippen molar-refractivity contribution in [1.29, 1.82) is 0 Å². The maximum absolute atomic E-state index is 2.92. The van der Waals surface area contributed by atoms with Gasteiger partial charge in [-0.2, -0.15) is 0 Å². The lowest BCUT2D eigenvalue weighted by molar-refractivity contribution is 1.28. The highest BCUT2D eigenvalue weighted by Crippen LogP contribution is 1.72. The molecular weight excluding hydrogens is 120 g/mol. The standard InChI is InChI=1S/C10H12/c1-3-5-7-9-10-8-6-4-2/h9-10H,3-4H2,1-2H3. The van der Waals surface area contributed by atoms with Crippen molar-refractivity contribution in [2.75, 3.05) is 0 Å². The highest BCUT2D eigenvalue weighted by molar-refractivity contribution is 5.24. The number of hydrogen-bond donors (Lipinski definition) is 0. The van der Waals surface area contributed by atoms with Crippen molar-refractivity contribution < 1.29 is 0 Å². The van der Waals surface area contributed by atoms with Crippen LogP contribution in [0.2, 0.25) is 0 Å². The van der Waals surface area contributed by atoms with E-state index in [2.05, 4.69) is 23.7 Å². The zero-order valence-electron chi connectivity index (χ0n) is 6.57. The summed E-state index contributed by atoms with van der Waals surface area (Å²) in [5.41, 5.74) is 0. The van der Waals surface area contributed by atoms with Crippen LogP contribution < -0.4 is 0 Å². The van der Waals surface area contributed by atoms with E-state index < -0.39 is 0 Å². The largest absolute Gasteiger partial charge is 0.0988 e. The van der Waals surface area contributed by atoms with Crippen molar-refractivity contribution in [3.8, 4) is 23.7 Å². The molecule has 0 saturated carbocycles. The van der Waals surface area contributed by atoms with Crippen LogP contribution in [0.15, 0.2) is 12.2 Å². The number of allylic oxidation sites excluding steroid dienone is 2. The van der Waals surface area contributed by atoms with Gasteiger partial charge >= 0.3 is 0 Å².